The maximum Gasteiger partial charge on any atom is 0.307 e. The van der Waals surface area contributed by atoms with E-state index in [1.165, 1.54) is 0 Å². The Kier molecular flexibility index (Phi) is 3.42. The molecule has 1 aromatic carbocycles. The highest BCUT2D eigenvalue weighted by Gasteiger charge is 2.17. The predicted molar refractivity (Wildman–Crippen MR) is 73.9 cm³/mol. The first-order valence-corrected chi connectivity index (χ1v) is 6.25. The van der Waals surface area contributed by atoms with Crippen LogP contribution in [0.25, 0.3) is 5.69 Å². The third-order valence-corrected chi connectivity index (χ3v) is 3.42. The van der Waals surface area contributed by atoms with Crippen LogP contribution in [-0.4, -0.2) is 20.9 Å². The van der Waals surface area contributed by atoms with Crippen LogP contribution in [0.15, 0.2) is 18.2 Å². The van der Waals surface area contributed by atoms with E-state index in [4.69, 9.17) is 5.11 Å². The first-order valence-electron chi connectivity index (χ1n) is 6.25. The monoisotopic (exact) mass is 258 g/mol. The minimum absolute atomic E-state index is 0.0165. The lowest BCUT2D eigenvalue weighted by molar-refractivity contribution is -0.136. The summed E-state index contributed by atoms with van der Waals surface area (Å²) < 4.78 is 1.86. The zero-order chi connectivity index (χ0) is 14.2. The molecule has 0 unspecified atom stereocenters. The zero-order valence-corrected chi connectivity index (χ0v) is 11.7. The fourth-order valence-corrected chi connectivity index (χ4v) is 2.44. The van der Waals surface area contributed by atoms with Crippen molar-refractivity contribution in [3.05, 3.63) is 46.3 Å². The van der Waals surface area contributed by atoms with Crippen LogP contribution in [0.5, 0.6) is 0 Å². The largest absolute Gasteiger partial charge is 0.481 e. The van der Waals surface area contributed by atoms with E-state index in [9.17, 15) is 4.79 Å². The van der Waals surface area contributed by atoms with Gasteiger partial charge < -0.3 is 5.11 Å². The molecule has 1 aromatic heterocycles. The van der Waals surface area contributed by atoms with Crippen LogP contribution in [0.3, 0.4) is 0 Å². The minimum atomic E-state index is -0.827. The highest BCUT2D eigenvalue weighted by molar-refractivity contribution is 5.71. The molecule has 0 aliphatic heterocycles. The summed E-state index contributed by atoms with van der Waals surface area (Å²) >= 11 is 0. The number of hydrogen-bond acceptors (Lipinski definition) is 2. The van der Waals surface area contributed by atoms with E-state index < -0.39 is 5.97 Å². The van der Waals surface area contributed by atoms with Crippen LogP contribution in [0.2, 0.25) is 0 Å². The SMILES string of the molecule is Cc1cccc(C)c1-n1nc(C)c(CC(=O)O)c1C. The normalized spacial score (nSPS) is 10.7. The summed E-state index contributed by atoms with van der Waals surface area (Å²) in [6.07, 6.45) is 0.0165. The van der Waals surface area contributed by atoms with Crippen molar-refractivity contribution in [1.29, 1.82) is 0 Å². The van der Waals surface area contributed by atoms with Crippen LogP contribution < -0.4 is 0 Å². The van der Waals surface area contributed by atoms with Crippen molar-refractivity contribution in [1.82, 2.24) is 9.78 Å². The average Bonchev–Trinajstić information content (AvgIpc) is 2.57. The Balaban J connectivity index is 2.61. The van der Waals surface area contributed by atoms with Crippen molar-refractivity contribution in [2.45, 2.75) is 34.1 Å². The third kappa shape index (κ3) is 2.38. The predicted octanol–water partition coefficient (Wildman–Crippen LogP) is 2.73. The van der Waals surface area contributed by atoms with Gasteiger partial charge in [-0.05, 0) is 38.8 Å². The van der Waals surface area contributed by atoms with Gasteiger partial charge >= 0.3 is 5.97 Å². The van der Waals surface area contributed by atoms with E-state index in [1.807, 2.05) is 50.6 Å². The third-order valence-electron chi connectivity index (χ3n) is 3.42. The Hall–Kier alpha value is -2.10. The van der Waals surface area contributed by atoms with Crippen LogP contribution in [0.4, 0.5) is 0 Å². The summed E-state index contributed by atoms with van der Waals surface area (Å²) in [6, 6.07) is 6.09. The van der Waals surface area contributed by atoms with Gasteiger partial charge in [-0.3, -0.25) is 4.79 Å². The van der Waals surface area contributed by atoms with Gasteiger partial charge in [0.1, 0.15) is 0 Å². The number of benzene rings is 1. The number of nitrogens with zero attached hydrogens (tertiary/aromatic N) is 2. The molecule has 1 N–H and O–H groups in total. The molecule has 0 saturated heterocycles. The van der Waals surface area contributed by atoms with Gasteiger partial charge in [-0.15, -0.1) is 0 Å². The summed E-state index contributed by atoms with van der Waals surface area (Å²) in [6.45, 7) is 7.85. The molecule has 0 aliphatic carbocycles. The van der Waals surface area contributed by atoms with Gasteiger partial charge in [0.2, 0.25) is 0 Å². The van der Waals surface area contributed by atoms with Crippen molar-refractivity contribution in [2.75, 3.05) is 0 Å². The molecule has 0 atom stereocenters. The number of hydrogen-bond donors (Lipinski definition) is 1. The molecular weight excluding hydrogens is 240 g/mol. The van der Waals surface area contributed by atoms with Crippen LogP contribution >= 0.6 is 0 Å². The lowest BCUT2D eigenvalue weighted by Gasteiger charge is -2.11. The van der Waals surface area contributed by atoms with E-state index >= 15 is 0 Å². The van der Waals surface area contributed by atoms with E-state index in [0.717, 1.165) is 33.8 Å². The molecule has 0 saturated carbocycles. The molecule has 0 amide bonds. The molecule has 4 nitrogen and oxygen atoms in total. The molecule has 0 radical (unpaired) electrons. The molecular formula is C15H18N2O2. The molecule has 0 spiro atoms. The van der Waals surface area contributed by atoms with E-state index in [-0.39, 0.29) is 6.42 Å². The molecule has 2 aromatic rings. The molecule has 0 aliphatic rings. The summed E-state index contributed by atoms with van der Waals surface area (Å²) in [5, 5.41) is 13.5. The maximum absolute atomic E-state index is 10.9. The van der Waals surface area contributed by atoms with Crippen LogP contribution in [-0.2, 0) is 11.2 Å². The Morgan fingerprint density at radius 3 is 2.32 bits per heavy atom. The fourth-order valence-electron chi connectivity index (χ4n) is 2.44. The summed E-state index contributed by atoms with van der Waals surface area (Å²) in [4.78, 5) is 10.9. The molecule has 4 heteroatoms. The highest BCUT2D eigenvalue weighted by Crippen LogP contribution is 2.23. The minimum Gasteiger partial charge on any atom is -0.481 e. The molecule has 2 rings (SSSR count). The van der Waals surface area contributed by atoms with Gasteiger partial charge in [0, 0.05) is 11.3 Å². The zero-order valence-electron chi connectivity index (χ0n) is 11.7. The number of carbonyl (C=O) groups is 1. The second-order valence-corrected chi connectivity index (χ2v) is 4.87. The Bertz CT molecular complexity index is 622. The quantitative estimate of drug-likeness (QED) is 0.921. The standard InChI is InChI=1S/C15H18N2O2/c1-9-6-5-7-10(2)15(9)17-12(4)13(8-14(18)19)11(3)16-17/h5-7H,8H2,1-4H3,(H,18,19). The summed E-state index contributed by atoms with van der Waals surface area (Å²) in [7, 11) is 0. The smallest absolute Gasteiger partial charge is 0.307 e. The Morgan fingerprint density at radius 1 is 1.21 bits per heavy atom. The first kappa shape index (κ1) is 13.3. The second kappa shape index (κ2) is 4.88. The fraction of sp³-hybridized carbons (Fsp3) is 0.333. The van der Waals surface area contributed by atoms with Crippen molar-refractivity contribution < 1.29 is 9.90 Å². The van der Waals surface area contributed by atoms with E-state index in [2.05, 4.69) is 5.10 Å². The van der Waals surface area contributed by atoms with Gasteiger partial charge in [-0.2, -0.15) is 5.10 Å². The number of carboxylic acid groups (broad SMARTS) is 1. The van der Waals surface area contributed by atoms with Gasteiger partial charge in [-0.1, -0.05) is 18.2 Å². The lowest BCUT2D eigenvalue weighted by atomic mass is 10.1. The lowest BCUT2D eigenvalue weighted by Crippen LogP contribution is -2.06. The highest BCUT2D eigenvalue weighted by atomic mass is 16.4. The molecule has 0 bridgehead atoms. The number of aryl methyl sites for hydroxylation is 3. The second-order valence-electron chi connectivity index (χ2n) is 4.87. The first-order chi connectivity index (χ1) is 8.91. The molecule has 19 heavy (non-hydrogen) atoms. The Labute approximate surface area is 112 Å². The summed E-state index contributed by atoms with van der Waals surface area (Å²) in [5.74, 6) is -0.827. The molecule has 0 fully saturated rings. The topological polar surface area (TPSA) is 55.1 Å². The number of aromatic nitrogens is 2. The number of para-hydroxylation sites is 1. The van der Waals surface area contributed by atoms with Crippen molar-refractivity contribution in [3.8, 4) is 5.69 Å². The van der Waals surface area contributed by atoms with E-state index in [0.29, 0.717) is 0 Å². The average molecular weight is 258 g/mol. The van der Waals surface area contributed by atoms with Gasteiger partial charge in [-0.25, -0.2) is 4.68 Å². The number of aliphatic carboxylic acids is 1. The molecule has 100 valence electrons. The van der Waals surface area contributed by atoms with Crippen molar-refractivity contribution in [2.24, 2.45) is 0 Å². The Morgan fingerprint density at radius 2 is 1.79 bits per heavy atom. The van der Waals surface area contributed by atoms with Crippen LogP contribution in [0.1, 0.15) is 28.1 Å². The van der Waals surface area contributed by atoms with E-state index in [1.54, 1.807) is 0 Å². The van der Waals surface area contributed by atoms with Crippen molar-refractivity contribution >= 4 is 5.97 Å². The number of carboxylic acids is 1. The van der Waals surface area contributed by atoms with Crippen LogP contribution in [0, 0.1) is 27.7 Å². The number of rotatable bonds is 3. The van der Waals surface area contributed by atoms with Gasteiger partial charge in [0.15, 0.2) is 0 Å². The van der Waals surface area contributed by atoms with Gasteiger partial charge in [0.25, 0.3) is 0 Å². The maximum atomic E-state index is 10.9. The van der Waals surface area contributed by atoms with Gasteiger partial charge in [0.05, 0.1) is 17.8 Å². The molecule has 1 heterocycles. The summed E-state index contributed by atoms with van der Waals surface area (Å²) in [5.41, 5.74) is 5.79. The van der Waals surface area contributed by atoms with Crippen molar-refractivity contribution in [3.63, 3.8) is 0 Å².